The van der Waals surface area contributed by atoms with Gasteiger partial charge in [-0.15, -0.1) is 0 Å². The third-order valence-corrected chi connectivity index (χ3v) is 6.91. The highest BCUT2D eigenvalue weighted by atomic mass is 35.5. The van der Waals surface area contributed by atoms with Crippen molar-refractivity contribution in [1.82, 2.24) is 9.80 Å². The Bertz CT molecular complexity index is 1080. The lowest BCUT2D eigenvalue weighted by Gasteiger charge is -2.24. The molecule has 1 saturated heterocycles. The van der Waals surface area contributed by atoms with Gasteiger partial charge in [-0.05, 0) is 79.9 Å². The summed E-state index contributed by atoms with van der Waals surface area (Å²) < 4.78 is 5.58. The van der Waals surface area contributed by atoms with Crippen LogP contribution in [0.4, 0.5) is 5.69 Å². The average molecular weight is 520 g/mol. The number of carbonyl (C=O) groups is 2. The smallest absolute Gasteiger partial charge is 0.252 e. The van der Waals surface area contributed by atoms with Crippen LogP contribution in [0.2, 0.25) is 10.0 Å². The highest BCUT2D eigenvalue weighted by Crippen LogP contribution is 2.34. The van der Waals surface area contributed by atoms with Crippen LogP contribution in [0.3, 0.4) is 0 Å². The molecule has 34 heavy (non-hydrogen) atoms. The van der Waals surface area contributed by atoms with E-state index in [9.17, 15) is 9.59 Å². The lowest BCUT2D eigenvalue weighted by atomic mass is 10.1. The van der Waals surface area contributed by atoms with E-state index >= 15 is 0 Å². The van der Waals surface area contributed by atoms with Gasteiger partial charge in [0, 0.05) is 28.3 Å². The first-order valence-corrected chi connectivity index (χ1v) is 12.6. The molecular formula is C25H27Cl2N3O3S. The summed E-state index contributed by atoms with van der Waals surface area (Å²) in [4.78, 5) is 29.6. The third-order valence-electron chi connectivity index (χ3n) is 5.89. The maximum Gasteiger partial charge on any atom is 0.252 e. The molecule has 180 valence electrons. The fourth-order valence-electron chi connectivity index (χ4n) is 3.99. The number of benzene rings is 2. The molecule has 1 heterocycles. The molecule has 0 radical (unpaired) electrons. The summed E-state index contributed by atoms with van der Waals surface area (Å²) in [5.41, 5.74) is 1.57. The molecule has 0 spiro atoms. The Labute approximate surface area is 215 Å². The van der Waals surface area contributed by atoms with Gasteiger partial charge in [-0.1, -0.05) is 36.2 Å². The second-order valence-corrected chi connectivity index (χ2v) is 9.75. The molecule has 9 heteroatoms. The summed E-state index contributed by atoms with van der Waals surface area (Å²) in [5.74, 6) is 0.409. The van der Waals surface area contributed by atoms with Crippen molar-refractivity contribution in [2.75, 3.05) is 18.5 Å². The van der Waals surface area contributed by atoms with Gasteiger partial charge in [-0.3, -0.25) is 14.5 Å². The van der Waals surface area contributed by atoms with Crippen molar-refractivity contribution >= 4 is 58.0 Å². The number of nitrogens with zero attached hydrogens (tertiary/aromatic N) is 2. The van der Waals surface area contributed by atoms with E-state index in [0.29, 0.717) is 40.4 Å². The Morgan fingerprint density at radius 3 is 2.56 bits per heavy atom. The SMILES string of the molecule is CCCOc1ccc(NC(=O)C[C@@H]2C(=O)N(C3CC3)C(=S)N2CCc2ccc(Cl)cc2Cl)cc1. The molecule has 1 N–H and O–H groups in total. The number of rotatable bonds is 10. The second kappa shape index (κ2) is 10.9. The molecular weight excluding hydrogens is 493 g/mol. The predicted molar refractivity (Wildman–Crippen MR) is 139 cm³/mol. The summed E-state index contributed by atoms with van der Waals surface area (Å²) in [7, 11) is 0. The lowest BCUT2D eigenvalue weighted by Crippen LogP contribution is -2.39. The van der Waals surface area contributed by atoms with Gasteiger partial charge in [0.25, 0.3) is 5.91 Å². The number of anilines is 1. The Hall–Kier alpha value is -2.35. The Morgan fingerprint density at radius 2 is 1.91 bits per heavy atom. The Morgan fingerprint density at radius 1 is 1.18 bits per heavy atom. The quantitative estimate of drug-likeness (QED) is 0.430. The number of halogens is 2. The molecule has 0 aromatic heterocycles. The topological polar surface area (TPSA) is 61.9 Å². The number of thiocarbonyl (C=S) groups is 1. The van der Waals surface area contributed by atoms with Crippen LogP contribution in [0.15, 0.2) is 42.5 Å². The van der Waals surface area contributed by atoms with Crippen molar-refractivity contribution in [3.63, 3.8) is 0 Å². The monoisotopic (exact) mass is 519 g/mol. The van der Waals surface area contributed by atoms with Crippen molar-refractivity contribution in [2.45, 2.75) is 51.1 Å². The molecule has 2 aromatic carbocycles. The van der Waals surface area contributed by atoms with Crippen LogP contribution in [0, 0.1) is 0 Å². The predicted octanol–water partition coefficient (Wildman–Crippen LogP) is 5.31. The lowest BCUT2D eigenvalue weighted by molar-refractivity contribution is -0.131. The van der Waals surface area contributed by atoms with E-state index in [4.69, 9.17) is 40.2 Å². The molecule has 6 nitrogen and oxygen atoms in total. The van der Waals surface area contributed by atoms with Gasteiger partial charge in [0.05, 0.1) is 13.0 Å². The van der Waals surface area contributed by atoms with Crippen LogP contribution in [-0.4, -0.2) is 52.0 Å². The average Bonchev–Trinajstić information content (AvgIpc) is 3.61. The molecule has 2 fully saturated rings. The van der Waals surface area contributed by atoms with Gasteiger partial charge in [-0.2, -0.15) is 0 Å². The third kappa shape index (κ3) is 5.82. The van der Waals surface area contributed by atoms with Gasteiger partial charge in [0.2, 0.25) is 5.91 Å². The molecule has 2 aliphatic rings. The second-order valence-electron chi connectivity index (χ2n) is 8.54. The van der Waals surface area contributed by atoms with E-state index in [1.807, 2.05) is 30.0 Å². The van der Waals surface area contributed by atoms with Crippen LogP contribution >= 0.6 is 35.4 Å². The van der Waals surface area contributed by atoms with Crippen LogP contribution in [0.5, 0.6) is 5.75 Å². The van der Waals surface area contributed by atoms with Gasteiger partial charge < -0.3 is 15.0 Å². The minimum absolute atomic E-state index is 0.0185. The van der Waals surface area contributed by atoms with E-state index in [2.05, 4.69) is 5.32 Å². The molecule has 0 bridgehead atoms. The minimum atomic E-state index is -0.633. The van der Waals surface area contributed by atoms with Gasteiger partial charge in [-0.25, -0.2) is 0 Å². The fraction of sp³-hybridized carbons (Fsp3) is 0.400. The van der Waals surface area contributed by atoms with Crippen LogP contribution in [0.25, 0.3) is 0 Å². The number of hydrogen-bond donors (Lipinski definition) is 1. The largest absolute Gasteiger partial charge is 0.494 e. The Balaban J connectivity index is 1.43. The van der Waals surface area contributed by atoms with Crippen molar-refractivity contribution in [3.05, 3.63) is 58.1 Å². The molecule has 1 atom stereocenters. The maximum atomic E-state index is 13.2. The Kier molecular flexibility index (Phi) is 7.96. The van der Waals surface area contributed by atoms with Crippen molar-refractivity contribution in [3.8, 4) is 5.75 Å². The van der Waals surface area contributed by atoms with Crippen molar-refractivity contribution in [1.29, 1.82) is 0 Å². The molecule has 1 aliphatic carbocycles. The summed E-state index contributed by atoms with van der Waals surface area (Å²) in [5, 5.41) is 4.52. The van der Waals surface area contributed by atoms with Gasteiger partial charge >= 0.3 is 0 Å². The number of nitrogens with one attached hydrogen (secondary N) is 1. The number of amides is 2. The van der Waals surface area contributed by atoms with Gasteiger partial charge in [0.15, 0.2) is 5.11 Å². The van der Waals surface area contributed by atoms with Crippen molar-refractivity contribution < 1.29 is 14.3 Å². The zero-order valence-electron chi connectivity index (χ0n) is 18.9. The van der Waals surface area contributed by atoms with E-state index in [0.717, 1.165) is 30.6 Å². The number of carbonyl (C=O) groups excluding carboxylic acids is 2. The first-order chi connectivity index (χ1) is 16.4. The fourth-order valence-corrected chi connectivity index (χ4v) is 4.95. The van der Waals surface area contributed by atoms with E-state index < -0.39 is 6.04 Å². The molecule has 2 aromatic rings. The van der Waals surface area contributed by atoms with E-state index in [-0.39, 0.29) is 24.3 Å². The molecule has 4 rings (SSSR count). The first-order valence-electron chi connectivity index (χ1n) is 11.5. The minimum Gasteiger partial charge on any atom is -0.494 e. The maximum absolute atomic E-state index is 13.2. The van der Waals surface area contributed by atoms with E-state index in [1.165, 1.54) is 0 Å². The summed E-state index contributed by atoms with van der Waals surface area (Å²) in [6.07, 6.45) is 3.40. The standard InChI is InChI=1S/C25H27Cl2N3O3S/c1-2-13-33-20-9-5-18(6-10-20)28-23(31)15-22-24(32)30(19-7-8-19)25(34)29(22)12-11-16-3-4-17(26)14-21(16)27/h3-6,9-10,14,19,22H,2,7-8,11-13,15H2,1H3,(H,28,31)/t22-/m1/s1. The van der Waals surface area contributed by atoms with Crippen LogP contribution < -0.4 is 10.1 Å². The highest BCUT2D eigenvalue weighted by Gasteiger charge is 2.48. The van der Waals surface area contributed by atoms with Crippen LogP contribution in [0.1, 0.15) is 38.2 Å². The van der Waals surface area contributed by atoms with Crippen LogP contribution in [-0.2, 0) is 16.0 Å². The summed E-state index contributed by atoms with van der Waals surface area (Å²) in [6.45, 7) is 3.17. The zero-order chi connectivity index (χ0) is 24.2. The number of hydrogen-bond acceptors (Lipinski definition) is 4. The van der Waals surface area contributed by atoms with Crippen molar-refractivity contribution in [2.24, 2.45) is 0 Å². The highest BCUT2D eigenvalue weighted by molar-refractivity contribution is 7.80. The zero-order valence-corrected chi connectivity index (χ0v) is 21.3. The van der Waals surface area contributed by atoms with E-state index in [1.54, 1.807) is 29.2 Å². The molecule has 0 unspecified atom stereocenters. The summed E-state index contributed by atoms with van der Waals surface area (Å²) >= 11 is 18.0. The van der Waals surface area contributed by atoms with Gasteiger partial charge in [0.1, 0.15) is 11.8 Å². The number of ether oxygens (including phenoxy) is 1. The molecule has 1 aliphatic heterocycles. The first kappa shape index (κ1) is 24.8. The molecule has 1 saturated carbocycles. The summed E-state index contributed by atoms with van der Waals surface area (Å²) in [6, 6.07) is 12.1. The molecule has 2 amide bonds. The normalized spacial score (nSPS) is 17.9.